The second-order valence-corrected chi connectivity index (χ2v) is 10.2. The largest absolute Gasteiger partial charge is 0.312 e. The molecule has 0 fully saturated rings. The molecule has 0 unspecified atom stereocenters. The van der Waals surface area contributed by atoms with Crippen LogP contribution in [0.4, 0.5) is 5.00 Å². The van der Waals surface area contributed by atoms with Crippen LogP contribution in [0, 0.1) is 17.2 Å². The molecule has 1 aliphatic carbocycles. The summed E-state index contributed by atoms with van der Waals surface area (Å²) in [6.45, 7) is 2.24. The van der Waals surface area contributed by atoms with Crippen molar-refractivity contribution < 1.29 is 4.79 Å². The Hall–Kier alpha value is -3.01. The molecule has 6 heteroatoms. The lowest BCUT2D eigenvalue weighted by Gasteiger charge is -2.17. The van der Waals surface area contributed by atoms with Gasteiger partial charge in [0, 0.05) is 20.3 Å². The first-order valence-electron chi connectivity index (χ1n) is 10.5. The number of rotatable bonds is 3. The SMILES string of the molecule is C[C@H]1CCc2c(sc(NC(=O)c3cc(-c4ccccc4)nc4ccc(Br)cc34)c2C#N)C1. The number of aromatic nitrogens is 1. The first-order valence-corrected chi connectivity index (χ1v) is 12.2. The molecule has 1 atom stereocenters. The third kappa shape index (κ3) is 3.83. The maximum Gasteiger partial charge on any atom is 0.257 e. The van der Waals surface area contributed by atoms with Crippen LogP contribution in [0.25, 0.3) is 22.2 Å². The second-order valence-electron chi connectivity index (χ2n) is 8.20. The van der Waals surface area contributed by atoms with Crippen molar-refractivity contribution in [3.05, 3.63) is 80.6 Å². The van der Waals surface area contributed by atoms with Crippen molar-refractivity contribution in [2.75, 3.05) is 5.32 Å². The minimum absolute atomic E-state index is 0.226. The molecule has 1 amide bonds. The average Bonchev–Trinajstić information content (AvgIpc) is 3.14. The number of anilines is 1. The van der Waals surface area contributed by atoms with Crippen molar-refractivity contribution in [2.45, 2.75) is 26.2 Å². The smallest absolute Gasteiger partial charge is 0.257 e. The highest BCUT2D eigenvalue weighted by Gasteiger charge is 2.25. The van der Waals surface area contributed by atoms with Crippen LogP contribution in [0.5, 0.6) is 0 Å². The second kappa shape index (κ2) is 8.50. The number of nitriles is 1. The molecule has 5 rings (SSSR count). The Kier molecular flexibility index (Phi) is 5.54. The van der Waals surface area contributed by atoms with Crippen LogP contribution in [0.15, 0.2) is 59.1 Å². The van der Waals surface area contributed by atoms with Gasteiger partial charge in [0.05, 0.1) is 22.3 Å². The van der Waals surface area contributed by atoms with Crippen LogP contribution in [-0.2, 0) is 12.8 Å². The van der Waals surface area contributed by atoms with Gasteiger partial charge in [-0.15, -0.1) is 11.3 Å². The van der Waals surface area contributed by atoms with E-state index >= 15 is 0 Å². The van der Waals surface area contributed by atoms with Gasteiger partial charge in [0.2, 0.25) is 0 Å². The van der Waals surface area contributed by atoms with E-state index in [4.69, 9.17) is 4.98 Å². The number of hydrogen-bond acceptors (Lipinski definition) is 4. The average molecular weight is 502 g/mol. The molecule has 2 heterocycles. The van der Waals surface area contributed by atoms with Gasteiger partial charge in [-0.2, -0.15) is 5.26 Å². The summed E-state index contributed by atoms with van der Waals surface area (Å²) < 4.78 is 0.881. The van der Waals surface area contributed by atoms with E-state index < -0.39 is 0 Å². The zero-order chi connectivity index (χ0) is 22.2. The highest BCUT2D eigenvalue weighted by molar-refractivity contribution is 9.10. The first kappa shape index (κ1) is 20.9. The minimum atomic E-state index is -0.226. The Labute approximate surface area is 199 Å². The monoisotopic (exact) mass is 501 g/mol. The van der Waals surface area contributed by atoms with Crippen molar-refractivity contribution in [1.29, 1.82) is 5.26 Å². The molecule has 0 aliphatic heterocycles. The fourth-order valence-electron chi connectivity index (χ4n) is 4.27. The molecular formula is C26H20BrN3OS. The van der Waals surface area contributed by atoms with E-state index in [9.17, 15) is 10.1 Å². The van der Waals surface area contributed by atoms with Crippen molar-refractivity contribution in [3.63, 3.8) is 0 Å². The number of benzene rings is 2. The summed E-state index contributed by atoms with van der Waals surface area (Å²) >= 11 is 5.06. The molecule has 0 spiro atoms. The summed E-state index contributed by atoms with van der Waals surface area (Å²) in [6, 6.07) is 19.8. The van der Waals surface area contributed by atoms with Crippen LogP contribution in [0.1, 0.15) is 39.7 Å². The summed E-state index contributed by atoms with van der Waals surface area (Å²) in [6.07, 6.45) is 2.94. The number of fused-ring (bicyclic) bond motifs is 2. The number of nitrogens with one attached hydrogen (secondary N) is 1. The van der Waals surface area contributed by atoms with Crippen LogP contribution in [0.3, 0.4) is 0 Å². The van der Waals surface area contributed by atoms with E-state index in [0.717, 1.165) is 51.5 Å². The maximum atomic E-state index is 13.5. The molecule has 158 valence electrons. The lowest BCUT2D eigenvalue weighted by atomic mass is 9.88. The molecule has 32 heavy (non-hydrogen) atoms. The summed E-state index contributed by atoms with van der Waals surface area (Å²) in [5.74, 6) is 0.377. The summed E-state index contributed by atoms with van der Waals surface area (Å²) in [7, 11) is 0. The number of amides is 1. The van der Waals surface area contributed by atoms with E-state index in [1.165, 1.54) is 4.88 Å². The Bertz CT molecular complexity index is 1390. The van der Waals surface area contributed by atoms with Crippen LogP contribution >= 0.6 is 27.3 Å². The fourth-order valence-corrected chi connectivity index (χ4v) is 5.99. The highest BCUT2D eigenvalue weighted by atomic mass is 79.9. The lowest BCUT2D eigenvalue weighted by molar-refractivity contribution is 0.102. The summed E-state index contributed by atoms with van der Waals surface area (Å²) in [4.78, 5) is 19.5. The lowest BCUT2D eigenvalue weighted by Crippen LogP contribution is -2.13. The predicted molar refractivity (Wildman–Crippen MR) is 133 cm³/mol. The molecule has 2 aromatic carbocycles. The van der Waals surface area contributed by atoms with Crippen molar-refractivity contribution in [1.82, 2.24) is 4.98 Å². The van der Waals surface area contributed by atoms with Gasteiger partial charge in [-0.1, -0.05) is 53.2 Å². The Balaban J connectivity index is 1.59. The Morgan fingerprint density at radius 2 is 2.03 bits per heavy atom. The van der Waals surface area contributed by atoms with E-state index in [2.05, 4.69) is 34.2 Å². The number of pyridine rings is 1. The molecule has 2 aromatic heterocycles. The van der Waals surface area contributed by atoms with Gasteiger partial charge in [-0.05, 0) is 55.0 Å². The Morgan fingerprint density at radius 3 is 2.81 bits per heavy atom. The van der Waals surface area contributed by atoms with Crippen LogP contribution < -0.4 is 5.32 Å². The van der Waals surface area contributed by atoms with E-state index in [1.807, 2.05) is 54.6 Å². The van der Waals surface area contributed by atoms with Gasteiger partial charge in [-0.25, -0.2) is 4.98 Å². The number of hydrogen-bond donors (Lipinski definition) is 1. The van der Waals surface area contributed by atoms with Gasteiger partial charge in [0.15, 0.2) is 0 Å². The minimum Gasteiger partial charge on any atom is -0.312 e. The molecule has 4 nitrogen and oxygen atoms in total. The van der Waals surface area contributed by atoms with Gasteiger partial charge in [-0.3, -0.25) is 4.79 Å². The van der Waals surface area contributed by atoms with E-state index in [1.54, 1.807) is 11.3 Å². The quantitative estimate of drug-likeness (QED) is 0.329. The zero-order valence-corrected chi connectivity index (χ0v) is 19.9. The van der Waals surface area contributed by atoms with Crippen molar-refractivity contribution in [2.24, 2.45) is 5.92 Å². The summed E-state index contributed by atoms with van der Waals surface area (Å²) in [5, 5.41) is 14.3. The predicted octanol–water partition coefficient (Wildman–Crippen LogP) is 6.97. The third-order valence-electron chi connectivity index (χ3n) is 5.94. The number of carbonyl (C=O) groups is 1. The van der Waals surface area contributed by atoms with E-state index in [0.29, 0.717) is 22.0 Å². The zero-order valence-electron chi connectivity index (χ0n) is 17.5. The standard InChI is InChI=1S/C26H20BrN3OS/c1-15-7-9-18-21(14-28)26(32-24(18)11-15)30-25(31)20-13-23(16-5-3-2-4-6-16)29-22-10-8-17(27)12-19(20)22/h2-6,8,10,12-13,15H,7,9,11H2,1H3,(H,30,31)/t15-/m0/s1. The molecule has 1 N–H and O–H groups in total. The van der Waals surface area contributed by atoms with Crippen molar-refractivity contribution in [3.8, 4) is 17.3 Å². The van der Waals surface area contributed by atoms with Crippen LogP contribution in [-0.4, -0.2) is 10.9 Å². The molecule has 0 bridgehead atoms. The third-order valence-corrected chi connectivity index (χ3v) is 7.60. The van der Waals surface area contributed by atoms with Crippen molar-refractivity contribution >= 4 is 49.1 Å². The highest BCUT2D eigenvalue weighted by Crippen LogP contribution is 2.39. The number of thiophene rings is 1. The topological polar surface area (TPSA) is 65.8 Å². The number of nitrogens with zero attached hydrogens (tertiary/aromatic N) is 2. The molecule has 0 radical (unpaired) electrons. The number of carbonyl (C=O) groups excluding carboxylic acids is 1. The molecule has 0 saturated heterocycles. The Morgan fingerprint density at radius 1 is 1.22 bits per heavy atom. The normalized spacial score (nSPS) is 15.2. The number of halogens is 1. The van der Waals surface area contributed by atoms with Gasteiger partial charge < -0.3 is 5.32 Å². The molecule has 4 aromatic rings. The first-order chi connectivity index (χ1) is 15.5. The molecule has 1 aliphatic rings. The van der Waals surface area contributed by atoms with Gasteiger partial charge >= 0.3 is 0 Å². The van der Waals surface area contributed by atoms with Gasteiger partial charge in [0.25, 0.3) is 5.91 Å². The van der Waals surface area contributed by atoms with Crippen LogP contribution in [0.2, 0.25) is 0 Å². The van der Waals surface area contributed by atoms with E-state index in [-0.39, 0.29) is 5.91 Å². The summed E-state index contributed by atoms with van der Waals surface area (Å²) in [5.41, 5.74) is 4.71. The molecular weight excluding hydrogens is 482 g/mol. The molecule has 0 saturated carbocycles. The maximum absolute atomic E-state index is 13.5. The van der Waals surface area contributed by atoms with Gasteiger partial charge in [0.1, 0.15) is 11.1 Å². The fraction of sp³-hybridized carbons (Fsp3) is 0.192.